The number of benzene rings is 2. The molecular weight excluding hydrogens is 396 g/mol. The second kappa shape index (κ2) is 9.69. The van der Waals surface area contributed by atoms with Gasteiger partial charge in [0.2, 0.25) is 0 Å². The summed E-state index contributed by atoms with van der Waals surface area (Å²) in [6, 6.07) is 9.83. The Morgan fingerprint density at radius 2 is 1.57 bits per heavy atom. The van der Waals surface area contributed by atoms with Crippen LogP contribution in [0.3, 0.4) is 0 Å². The molecule has 0 aliphatic heterocycles. The lowest BCUT2D eigenvalue weighted by molar-refractivity contribution is -0.146. The molecule has 0 heterocycles. The van der Waals surface area contributed by atoms with Gasteiger partial charge in [-0.05, 0) is 87.1 Å². The van der Waals surface area contributed by atoms with Gasteiger partial charge in [-0.2, -0.15) is 0 Å². The van der Waals surface area contributed by atoms with Gasteiger partial charge in [-0.15, -0.1) is 11.8 Å². The number of carbonyl (C=O) groups excluding carboxylic acids is 2. The number of carbonyl (C=O) groups is 2. The molecule has 0 fully saturated rings. The predicted octanol–water partition coefficient (Wildman–Crippen LogP) is 5.47. The molecule has 0 saturated heterocycles. The van der Waals surface area contributed by atoms with E-state index in [1.807, 2.05) is 71.9 Å². The van der Waals surface area contributed by atoms with Crippen molar-refractivity contribution < 1.29 is 19.1 Å². The monoisotopic (exact) mass is 428 g/mol. The maximum absolute atomic E-state index is 13.6. The molecule has 0 amide bonds. The van der Waals surface area contributed by atoms with Gasteiger partial charge in [0.1, 0.15) is 11.7 Å². The van der Waals surface area contributed by atoms with Gasteiger partial charge in [-0.25, -0.2) is 0 Å². The number of aryl methyl sites for hydroxylation is 2. The van der Waals surface area contributed by atoms with E-state index in [4.69, 9.17) is 9.47 Å². The summed E-state index contributed by atoms with van der Waals surface area (Å²) in [5, 5.41) is 0. The summed E-state index contributed by atoms with van der Waals surface area (Å²) in [6.07, 6.45) is 0. The molecule has 5 heteroatoms. The van der Waals surface area contributed by atoms with Gasteiger partial charge in [0.25, 0.3) is 0 Å². The van der Waals surface area contributed by atoms with Crippen LogP contribution in [0, 0.1) is 27.7 Å². The number of Topliss-reactive ketones (excluding diaryl/α,β-unsaturated/α-hetero) is 1. The summed E-state index contributed by atoms with van der Waals surface area (Å²) in [5.41, 5.74) is 6.03. The lowest BCUT2D eigenvalue weighted by atomic mass is 9.81. The van der Waals surface area contributed by atoms with E-state index >= 15 is 0 Å². The Kier molecular flexibility index (Phi) is 7.75. The number of ether oxygens (including phenoxy) is 2. The first-order valence-electron chi connectivity index (χ1n) is 9.99. The van der Waals surface area contributed by atoms with Gasteiger partial charge < -0.3 is 9.47 Å². The van der Waals surface area contributed by atoms with Gasteiger partial charge in [0.05, 0.1) is 19.0 Å². The predicted molar refractivity (Wildman–Crippen MR) is 124 cm³/mol. The van der Waals surface area contributed by atoms with E-state index in [-0.39, 0.29) is 5.78 Å². The highest BCUT2D eigenvalue weighted by Gasteiger charge is 2.41. The van der Waals surface area contributed by atoms with Crippen molar-refractivity contribution in [1.82, 2.24) is 0 Å². The van der Waals surface area contributed by atoms with E-state index in [0.717, 1.165) is 39.1 Å². The Balaban J connectivity index is 2.36. The molecule has 0 bridgehead atoms. The van der Waals surface area contributed by atoms with Crippen LogP contribution in [-0.2, 0) is 20.1 Å². The summed E-state index contributed by atoms with van der Waals surface area (Å²) < 4.78 is 9.50. The van der Waals surface area contributed by atoms with Crippen molar-refractivity contribution in [3.63, 3.8) is 0 Å². The topological polar surface area (TPSA) is 52.6 Å². The molecule has 2 rings (SSSR count). The minimum Gasteiger partial charge on any atom is -0.497 e. The minimum absolute atomic E-state index is 0.137. The Morgan fingerprint density at radius 3 is 2.10 bits per heavy atom. The van der Waals surface area contributed by atoms with Gasteiger partial charge in [-0.3, -0.25) is 9.59 Å². The highest BCUT2D eigenvalue weighted by Crippen LogP contribution is 2.38. The summed E-state index contributed by atoms with van der Waals surface area (Å²) in [6.45, 7) is 11.8. The number of methoxy groups -OCH3 is 2. The van der Waals surface area contributed by atoms with Crippen molar-refractivity contribution in [2.24, 2.45) is 0 Å². The number of ketones is 1. The molecule has 0 aliphatic carbocycles. The molecule has 1 unspecified atom stereocenters. The Hall–Kier alpha value is -2.27. The van der Waals surface area contributed by atoms with Crippen LogP contribution in [0.2, 0.25) is 0 Å². The molecule has 0 aliphatic rings. The molecule has 0 aromatic heterocycles. The SMILES string of the molecule is COC(=O)C(C(=O)C(C)(C)SCc1ccc(OC)cc1)c1c(C)cc(C)c(C)c1C. The van der Waals surface area contributed by atoms with Crippen molar-refractivity contribution in [1.29, 1.82) is 0 Å². The fourth-order valence-corrected chi connectivity index (χ4v) is 4.61. The molecule has 1 atom stereocenters. The Bertz CT molecular complexity index is 929. The normalized spacial score (nSPS) is 12.4. The first-order valence-corrected chi connectivity index (χ1v) is 11.0. The molecule has 162 valence electrons. The van der Waals surface area contributed by atoms with Crippen LogP contribution >= 0.6 is 11.8 Å². The number of thioether (sulfide) groups is 1. The Morgan fingerprint density at radius 1 is 0.967 bits per heavy atom. The number of hydrogen-bond donors (Lipinski definition) is 0. The van der Waals surface area contributed by atoms with Gasteiger partial charge >= 0.3 is 5.97 Å². The molecule has 0 N–H and O–H groups in total. The van der Waals surface area contributed by atoms with Crippen molar-refractivity contribution in [3.05, 3.63) is 63.7 Å². The average Bonchev–Trinajstić information content (AvgIpc) is 2.73. The fourth-order valence-electron chi connectivity index (χ4n) is 3.63. The zero-order valence-electron chi connectivity index (χ0n) is 19.2. The fraction of sp³-hybridized carbons (Fsp3) is 0.440. The molecular formula is C25H32O4S. The second-order valence-electron chi connectivity index (χ2n) is 8.14. The van der Waals surface area contributed by atoms with E-state index < -0.39 is 16.6 Å². The zero-order valence-corrected chi connectivity index (χ0v) is 20.0. The van der Waals surface area contributed by atoms with Crippen molar-refractivity contribution >= 4 is 23.5 Å². The van der Waals surface area contributed by atoms with E-state index in [9.17, 15) is 9.59 Å². The molecule has 2 aromatic rings. The highest BCUT2D eigenvalue weighted by molar-refractivity contribution is 8.00. The third-order valence-electron chi connectivity index (χ3n) is 5.76. The van der Waals surface area contributed by atoms with E-state index in [0.29, 0.717) is 5.75 Å². The third kappa shape index (κ3) is 5.07. The van der Waals surface area contributed by atoms with Gasteiger partial charge in [0.15, 0.2) is 5.78 Å². The molecule has 0 spiro atoms. The van der Waals surface area contributed by atoms with E-state index in [1.54, 1.807) is 7.11 Å². The molecule has 4 nitrogen and oxygen atoms in total. The largest absolute Gasteiger partial charge is 0.497 e. The van der Waals surface area contributed by atoms with Gasteiger partial charge in [0, 0.05) is 5.75 Å². The van der Waals surface area contributed by atoms with Crippen LogP contribution in [-0.4, -0.2) is 30.7 Å². The third-order valence-corrected chi connectivity index (χ3v) is 7.16. The molecule has 0 radical (unpaired) electrons. The van der Waals surface area contributed by atoms with Crippen molar-refractivity contribution in [2.45, 2.75) is 58.0 Å². The summed E-state index contributed by atoms with van der Waals surface area (Å²) >= 11 is 1.53. The standard InChI is InChI=1S/C25H32O4S/c1-15-13-16(2)21(18(4)17(15)3)22(24(27)29-8)23(26)25(5,6)30-14-19-9-11-20(28-7)12-10-19/h9-13,22H,14H2,1-8H3. The smallest absolute Gasteiger partial charge is 0.320 e. The summed E-state index contributed by atoms with van der Waals surface area (Å²) in [7, 11) is 2.97. The summed E-state index contributed by atoms with van der Waals surface area (Å²) in [4.78, 5) is 26.4. The number of hydrogen-bond acceptors (Lipinski definition) is 5. The second-order valence-corrected chi connectivity index (χ2v) is 9.74. The molecule has 0 saturated carbocycles. The van der Waals surface area contributed by atoms with Crippen LogP contribution in [0.15, 0.2) is 30.3 Å². The zero-order chi connectivity index (χ0) is 22.6. The van der Waals surface area contributed by atoms with Gasteiger partial charge in [-0.1, -0.05) is 18.2 Å². The van der Waals surface area contributed by atoms with Crippen LogP contribution in [0.4, 0.5) is 0 Å². The lowest BCUT2D eigenvalue weighted by Crippen LogP contribution is -2.38. The molecule has 2 aromatic carbocycles. The van der Waals surface area contributed by atoms with Crippen molar-refractivity contribution in [2.75, 3.05) is 14.2 Å². The van der Waals surface area contributed by atoms with Crippen LogP contribution in [0.25, 0.3) is 0 Å². The maximum Gasteiger partial charge on any atom is 0.320 e. The minimum atomic E-state index is -0.937. The quantitative estimate of drug-likeness (QED) is 0.412. The van der Waals surface area contributed by atoms with E-state index in [2.05, 4.69) is 0 Å². The summed E-state index contributed by atoms with van der Waals surface area (Å²) in [5.74, 6) is -0.130. The average molecular weight is 429 g/mol. The highest BCUT2D eigenvalue weighted by atomic mass is 32.2. The van der Waals surface area contributed by atoms with E-state index in [1.165, 1.54) is 18.9 Å². The number of rotatable bonds is 8. The first-order chi connectivity index (χ1) is 14.0. The van der Waals surface area contributed by atoms with Crippen LogP contribution in [0.5, 0.6) is 5.75 Å². The van der Waals surface area contributed by atoms with Crippen LogP contribution < -0.4 is 4.74 Å². The first kappa shape index (κ1) is 24.0. The maximum atomic E-state index is 13.6. The molecule has 30 heavy (non-hydrogen) atoms. The van der Waals surface area contributed by atoms with Crippen molar-refractivity contribution in [3.8, 4) is 5.75 Å². The lowest BCUT2D eigenvalue weighted by Gasteiger charge is -2.29. The van der Waals surface area contributed by atoms with Crippen LogP contribution in [0.1, 0.15) is 53.1 Å². The number of esters is 1. The Labute approximate surface area is 184 Å².